The molecule has 1 aliphatic rings. The van der Waals surface area contributed by atoms with E-state index in [4.69, 9.17) is 5.73 Å². The van der Waals surface area contributed by atoms with E-state index in [1.54, 1.807) is 12.1 Å². The lowest BCUT2D eigenvalue weighted by molar-refractivity contribution is -0.384. The second-order valence-corrected chi connectivity index (χ2v) is 4.80. The van der Waals surface area contributed by atoms with Crippen LogP contribution in [-0.2, 0) is 0 Å². The lowest BCUT2D eigenvalue weighted by Gasteiger charge is -2.27. The molecule has 0 spiro atoms. The fraction of sp³-hybridized carbons (Fsp3) is 0.538. The van der Waals surface area contributed by atoms with Gasteiger partial charge in [0.2, 0.25) is 0 Å². The van der Waals surface area contributed by atoms with Gasteiger partial charge in [-0.1, -0.05) is 12.1 Å². The molecule has 1 aromatic carbocycles. The van der Waals surface area contributed by atoms with Crippen molar-refractivity contribution in [2.45, 2.75) is 31.6 Å². The Hall–Kier alpha value is -1.42. The second-order valence-electron chi connectivity index (χ2n) is 4.80. The molecule has 0 aromatic heterocycles. The Morgan fingerprint density at radius 1 is 1.18 bits per heavy atom. The first kappa shape index (κ1) is 12.0. The molecule has 2 rings (SSSR count). The van der Waals surface area contributed by atoms with Gasteiger partial charge in [-0.3, -0.25) is 10.1 Å². The van der Waals surface area contributed by atoms with Crippen LogP contribution in [0.4, 0.5) is 5.69 Å². The highest BCUT2D eigenvalue weighted by atomic mass is 16.6. The van der Waals surface area contributed by atoms with Crippen molar-refractivity contribution in [2.24, 2.45) is 11.7 Å². The SMILES string of the molecule is NCC1CCC(c2ccc([N+](=O)[O-])cc2)CC1. The van der Waals surface area contributed by atoms with Crippen LogP contribution >= 0.6 is 0 Å². The molecule has 1 aliphatic carbocycles. The Labute approximate surface area is 101 Å². The maximum Gasteiger partial charge on any atom is 0.269 e. The largest absolute Gasteiger partial charge is 0.330 e. The smallest absolute Gasteiger partial charge is 0.269 e. The van der Waals surface area contributed by atoms with E-state index in [-0.39, 0.29) is 10.6 Å². The molecule has 0 bridgehead atoms. The number of nitro benzene ring substituents is 1. The topological polar surface area (TPSA) is 69.2 Å². The lowest BCUT2D eigenvalue weighted by atomic mass is 9.79. The van der Waals surface area contributed by atoms with Gasteiger partial charge in [-0.15, -0.1) is 0 Å². The van der Waals surface area contributed by atoms with Crippen LogP contribution in [0, 0.1) is 16.0 Å². The van der Waals surface area contributed by atoms with Gasteiger partial charge in [0.05, 0.1) is 4.92 Å². The maximum absolute atomic E-state index is 10.6. The number of non-ortho nitro benzene ring substituents is 1. The quantitative estimate of drug-likeness (QED) is 0.645. The van der Waals surface area contributed by atoms with Crippen LogP contribution in [0.3, 0.4) is 0 Å². The van der Waals surface area contributed by atoms with Gasteiger partial charge in [0, 0.05) is 12.1 Å². The molecule has 0 saturated heterocycles. The standard InChI is InChI=1S/C13H18N2O2/c14-9-10-1-3-11(4-2-10)12-5-7-13(8-6-12)15(16)17/h5-8,10-11H,1-4,9,14H2. The number of benzene rings is 1. The van der Waals surface area contributed by atoms with Crippen molar-refractivity contribution in [1.82, 2.24) is 0 Å². The summed E-state index contributed by atoms with van der Waals surface area (Å²) >= 11 is 0. The van der Waals surface area contributed by atoms with Crippen LogP contribution in [0.5, 0.6) is 0 Å². The fourth-order valence-corrected chi connectivity index (χ4v) is 2.60. The summed E-state index contributed by atoms with van der Waals surface area (Å²) in [6, 6.07) is 6.99. The van der Waals surface area contributed by atoms with Crippen LogP contribution in [0.25, 0.3) is 0 Å². The second kappa shape index (κ2) is 5.27. The summed E-state index contributed by atoms with van der Waals surface area (Å²) in [6.07, 6.45) is 4.66. The van der Waals surface area contributed by atoms with E-state index < -0.39 is 0 Å². The molecule has 4 heteroatoms. The Morgan fingerprint density at radius 2 is 1.76 bits per heavy atom. The van der Waals surface area contributed by atoms with Crippen molar-refractivity contribution in [2.75, 3.05) is 6.54 Å². The molecule has 0 heterocycles. The van der Waals surface area contributed by atoms with Gasteiger partial charge >= 0.3 is 0 Å². The number of nitrogens with two attached hydrogens (primary N) is 1. The predicted octanol–water partition coefficient (Wildman–Crippen LogP) is 2.83. The third-order valence-corrected chi connectivity index (χ3v) is 3.76. The highest BCUT2D eigenvalue weighted by Gasteiger charge is 2.21. The molecule has 2 N–H and O–H groups in total. The van der Waals surface area contributed by atoms with Gasteiger partial charge < -0.3 is 5.73 Å². The maximum atomic E-state index is 10.6. The fourth-order valence-electron chi connectivity index (χ4n) is 2.60. The molecule has 0 atom stereocenters. The van der Waals surface area contributed by atoms with Crippen LogP contribution in [-0.4, -0.2) is 11.5 Å². The van der Waals surface area contributed by atoms with Crippen molar-refractivity contribution >= 4 is 5.69 Å². The highest BCUT2D eigenvalue weighted by Crippen LogP contribution is 2.35. The normalized spacial score (nSPS) is 24.5. The van der Waals surface area contributed by atoms with Gasteiger partial charge in [-0.25, -0.2) is 0 Å². The van der Waals surface area contributed by atoms with E-state index in [0.717, 1.165) is 19.4 Å². The van der Waals surface area contributed by atoms with E-state index in [2.05, 4.69) is 0 Å². The molecule has 4 nitrogen and oxygen atoms in total. The van der Waals surface area contributed by atoms with Crippen LogP contribution in [0.15, 0.2) is 24.3 Å². The minimum atomic E-state index is -0.352. The van der Waals surface area contributed by atoms with Crippen LogP contribution < -0.4 is 5.73 Å². The van der Waals surface area contributed by atoms with Gasteiger partial charge in [0.1, 0.15) is 0 Å². The molecule has 1 saturated carbocycles. The molecule has 1 fully saturated rings. The predicted molar refractivity (Wildman–Crippen MR) is 66.8 cm³/mol. The van der Waals surface area contributed by atoms with E-state index >= 15 is 0 Å². The molecule has 0 unspecified atom stereocenters. The molecule has 92 valence electrons. The molecule has 1 aromatic rings. The summed E-state index contributed by atoms with van der Waals surface area (Å²) in [4.78, 5) is 10.2. The van der Waals surface area contributed by atoms with Crippen LogP contribution in [0.2, 0.25) is 0 Å². The van der Waals surface area contributed by atoms with E-state index in [1.807, 2.05) is 12.1 Å². The molecule has 0 aliphatic heterocycles. The Kier molecular flexibility index (Phi) is 3.74. The number of nitro groups is 1. The number of hydrogen-bond donors (Lipinski definition) is 1. The summed E-state index contributed by atoms with van der Waals surface area (Å²) in [5, 5.41) is 10.6. The zero-order chi connectivity index (χ0) is 12.3. The van der Waals surface area contributed by atoms with Crippen LogP contribution in [0.1, 0.15) is 37.2 Å². The Balaban J connectivity index is 2.01. The Bertz CT molecular complexity index is 381. The molecular formula is C13H18N2O2. The first-order chi connectivity index (χ1) is 8.20. The van der Waals surface area contributed by atoms with Crippen molar-refractivity contribution in [3.63, 3.8) is 0 Å². The average molecular weight is 234 g/mol. The van der Waals surface area contributed by atoms with Gasteiger partial charge in [0.25, 0.3) is 5.69 Å². The molecular weight excluding hydrogens is 216 g/mol. The number of hydrogen-bond acceptors (Lipinski definition) is 3. The minimum Gasteiger partial charge on any atom is -0.330 e. The highest BCUT2D eigenvalue weighted by molar-refractivity contribution is 5.34. The van der Waals surface area contributed by atoms with Gasteiger partial charge in [-0.05, 0) is 49.6 Å². The van der Waals surface area contributed by atoms with Gasteiger partial charge in [-0.2, -0.15) is 0 Å². The number of nitrogens with zero attached hydrogens (tertiary/aromatic N) is 1. The molecule has 0 amide bonds. The van der Waals surface area contributed by atoms with E-state index in [9.17, 15) is 10.1 Å². The van der Waals surface area contributed by atoms with E-state index in [0.29, 0.717) is 11.8 Å². The van der Waals surface area contributed by atoms with Crippen molar-refractivity contribution in [1.29, 1.82) is 0 Å². The first-order valence-corrected chi connectivity index (χ1v) is 6.15. The third-order valence-electron chi connectivity index (χ3n) is 3.76. The number of rotatable bonds is 3. The zero-order valence-corrected chi connectivity index (χ0v) is 9.84. The molecule has 17 heavy (non-hydrogen) atoms. The van der Waals surface area contributed by atoms with E-state index in [1.165, 1.54) is 18.4 Å². The minimum absolute atomic E-state index is 0.171. The van der Waals surface area contributed by atoms with Crippen molar-refractivity contribution in [3.8, 4) is 0 Å². The average Bonchev–Trinajstić information content (AvgIpc) is 2.39. The summed E-state index contributed by atoms with van der Waals surface area (Å²) in [6.45, 7) is 0.785. The first-order valence-electron chi connectivity index (χ1n) is 6.15. The lowest BCUT2D eigenvalue weighted by Crippen LogP contribution is -2.20. The summed E-state index contributed by atoms with van der Waals surface area (Å²) < 4.78 is 0. The third kappa shape index (κ3) is 2.82. The zero-order valence-electron chi connectivity index (χ0n) is 9.84. The summed E-state index contributed by atoms with van der Waals surface area (Å²) in [5.74, 6) is 1.22. The van der Waals surface area contributed by atoms with Crippen molar-refractivity contribution < 1.29 is 4.92 Å². The van der Waals surface area contributed by atoms with Gasteiger partial charge in [0.15, 0.2) is 0 Å². The molecule has 0 radical (unpaired) electrons. The summed E-state index contributed by atoms with van der Waals surface area (Å²) in [5.41, 5.74) is 7.06. The Morgan fingerprint density at radius 3 is 2.24 bits per heavy atom. The summed E-state index contributed by atoms with van der Waals surface area (Å²) in [7, 11) is 0. The van der Waals surface area contributed by atoms with Crippen molar-refractivity contribution in [3.05, 3.63) is 39.9 Å². The monoisotopic (exact) mass is 234 g/mol.